The number of unbranched alkanes of at least 4 members (excludes halogenated alkanes) is 2. The summed E-state index contributed by atoms with van der Waals surface area (Å²) in [5, 5.41) is 9.42. The molecule has 0 radical (unpaired) electrons. The van der Waals surface area contributed by atoms with Crippen molar-refractivity contribution < 1.29 is 5.11 Å². The Balaban J connectivity index is 2.36. The number of hydrogen-bond acceptors (Lipinski definition) is 2. The maximum absolute atomic E-state index is 9.42. The molecule has 18 heavy (non-hydrogen) atoms. The Labute approximate surface area is 108 Å². The summed E-state index contributed by atoms with van der Waals surface area (Å²) in [5.74, 6) is 0.786. The van der Waals surface area contributed by atoms with E-state index in [-0.39, 0.29) is 6.61 Å². The number of benzene rings is 1. The van der Waals surface area contributed by atoms with E-state index < -0.39 is 0 Å². The highest BCUT2D eigenvalue weighted by Gasteiger charge is 2.09. The lowest BCUT2D eigenvalue weighted by atomic mass is 10.1. The van der Waals surface area contributed by atoms with Crippen molar-refractivity contribution >= 4 is 11.0 Å². The van der Waals surface area contributed by atoms with Crippen molar-refractivity contribution in [3.63, 3.8) is 0 Å². The Morgan fingerprint density at radius 2 is 2.06 bits per heavy atom. The topological polar surface area (TPSA) is 38.0 Å². The van der Waals surface area contributed by atoms with Gasteiger partial charge in [-0.05, 0) is 30.5 Å². The first kappa shape index (κ1) is 13.1. The van der Waals surface area contributed by atoms with E-state index >= 15 is 0 Å². The Morgan fingerprint density at radius 3 is 2.72 bits per heavy atom. The number of fused-ring (bicyclic) bond motifs is 1. The first-order valence-electron chi connectivity index (χ1n) is 6.89. The maximum atomic E-state index is 9.42. The molecular formula is C15H22N2O. The summed E-state index contributed by atoms with van der Waals surface area (Å²) >= 11 is 0. The third-order valence-electron chi connectivity index (χ3n) is 3.43. The van der Waals surface area contributed by atoms with Crippen LogP contribution in [0.15, 0.2) is 18.2 Å². The van der Waals surface area contributed by atoms with Crippen LogP contribution in [0.2, 0.25) is 0 Å². The number of aliphatic hydroxyl groups is 1. The van der Waals surface area contributed by atoms with Gasteiger partial charge in [0.25, 0.3) is 0 Å². The zero-order valence-corrected chi connectivity index (χ0v) is 11.3. The molecule has 0 atom stereocenters. The molecule has 0 spiro atoms. The van der Waals surface area contributed by atoms with Gasteiger partial charge in [-0.25, -0.2) is 4.98 Å². The van der Waals surface area contributed by atoms with Gasteiger partial charge in [-0.15, -0.1) is 0 Å². The lowest BCUT2D eigenvalue weighted by Gasteiger charge is -2.07. The monoisotopic (exact) mass is 246 g/mol. The first-order chi connectivity index (χ1) is 8.80. The predicted molar refractivity (Wildman–Crippen MR) is 74.6 cm³/mol. The molecule has 0 saturated heterocycles. The van der Waals surface area contributed by atoms with Crippen molar-refractivity contribution in [3.8, 4) is 0 Å². The van der Waals surface area contributed by atoms with Gasteiger partial charge in [-0.2, -0.15) is 0 Å². The largest absolute Gasteiger partial charge is 0.388 e. The van der Waals surface area contributed by atoms with Crippen molar-refractivity contribution in [2.24, 2.45) is 0 Å². The summed E-state index contributed by atoms with van der Waals surface area (Å²) in [6.45, 7) is 5.31. The summed E-state index contributed by atoms with van der Waals surface area (Å²) in [6, 6.07) is 6.42. The molecule has 0 aliphatic heterocycles. The molecule has 3 nitrogen and oxygen atoms in total. The second-order valence-electron chi connectivity index (χ2n) is 4.72. The van der Waals surface area contributed by atoms with E-state index in [1.54, 1.807) is 0 Å². The summed E-state index contributed by atoms with van der Waals surface area (Å²) in [7, 11) is 0. The third kappa shape index (κ3) is 2.56. The van der Waals surface area contributed by atoms with Crippen LogP contribution >= 0.6 is 0 Å². The lowest BCUT2D eigenvalue weighted by Crippen LogP contribution is -2.03. The van der Waals surface area contributed by atoms with E-state index in [2.05, 4.69) is 41.6 Å². The van der Waals surface area contributed by atoms with E-state index in [0.717, 1.165) is 36.2 Å². The zero-order chi connectivity index (χ0) is 13.0. The second kappa shape index (κ2) is 6.01. The first-order valence-corrected chi connectivity index (χ1v) is 6.89. The minimum Gasteiger partial charge on any atom is -0.388 e. The molecule has 0 fully saturated rings. The highest BCUT2D eigenvalue weighted by atomic mass is 16.3. The summed E-state index contributed by atoms with van der Waals surface area (Å²) in [4.78, 5) is 4.53. The van der Waals surface area contributed by atoms with Gasteiger partial charge < -0.3 is 9.67 Å². The number of imidazole rings is 1. The molecule has 98 valence electrons. The molecule has 1 N–H and O–H groups in total. The Kier molecular flexibility index (Phi) is 4.37. The minimum absolute atomic E-state index is 0.0161. The normalized spacial score (nSPS) is 11.3. The quantitative estimate of drug-likeness (QED) is 0.794. The second-order valence-corrected chi connectivity index (χ2v) is 4.72. The van der Waals surface area contributed by atoms with Gasteiger partial charge in [0.15, 0.2) is 0 Å². The van der Waals surface area contributed by atoms with Crippen molar-refractivity contribution in [2.75, 3.05) is 0 Å². The fraction of sp³-hybridized carbons (Fsp3) is 0.533. The lowest BCUT2D eigenvalue weighted by molar-refractivity contribution is 0.265. The fourth-order valence-corrected chi connectivity index (χ4v) is 2.34. The van der Waals surface area contributed by atoms with E-state index in [1.807, 2.05) is 0 Å². The van der Waals surface area contributed by atoms with Crippen LogP contribution in [0.5, 0.6) is 0 Å². The summed E-state index contributed by atoms with van der Waals surface area (Å²) < 4.78 is 2.16. The molecule has 0 amide bonds. The molecule has 0 bridgehead atoms. The highest BCUT2D eigenvalue weighted by Crippen LogP contribution is 2.19. The Hall–Kier alpha value is -1.35. The van der Waals surface area contributed by atoms with Crippen molar-refractivity contribution in [2.45, 2.75) is 52.7 Å². The smallest absolute Gasteiger partial charge is 0.135 e. The van der Waals surface area contributed by atoms with E-state index in [9.17, 15) is 5.11 Å². The molecule has 1 aromatic carbocycles. The SMILES string of the molecule is CCCCCn1c(CO)nc2cc(CC)ccc21. The molecule has 2 rings (SSSR count). The predicted octanol–water partition coefficient (Wildman–Crippen LogP) is 3.28. The van der Waals surface area contributed by atoms with E-state index in [4.69, 9.17) is 0 Å². The molecule has 2 aromatic rings. The van der Waals surface area contributed by atoms with Crippen LogP contribution in [0.25, 0.3) is 11.0 Å². The molecule has 0 aliphatic carbocycles. The molecule has 1 heterocycles. The van der Waals surface area contributed by atoms with E-state index in [0.29, 0.717) is 0 Å². The van der Waals surface area contributed by atoms with Crippen molar-refractivity contribution in [1.29, 1.82) is 0 Å². The van der Waals surface area contributed by atoms with Crippen molar-refractivity contribution in [3.05, 3.63) is 29.6 Å². The van der Waals surface area contributed by atoms with Gasteiger partial charge in [-0.3, -0.25) is 0 Å². The van der Waals surface area contributed by atoms with Gasteiger partial charge in [0.2, 0.25) is 0 Å². The average molecular weight is 246 g/mol. The van der Waals surface area contributed by atoms with Crippen LogP contribution in [0.3, 0.4) is 0 Å². The zero-order valence-electron chi connectivity index (χ0n) is 11.3. The molecule has 0 saturated carbocycles. The van der Waals surface area contributed by atoms with Gasteiger partial charge in [0.1, 0.15) is 12.4 Å². The third-order valence-corrected chi connectivity index (χ3v) is 3.43. The standard InChI is InChI=1S/C15H22N2O/c1-3-5-6-9-17-14-8-7-12(4-2)10-13(14)16-15(17)11-18/h7-8,10,18H,3-6,9,11H2,1-2H3. The Bertz CT molecular complexity index is 516. The molecule has 1 aromatic heterocycles. The number of aryl methyl sites for hydroxylation is 2. The van der Waals surface area contributed by atoms with Gasteiger partial charge in [0, 0.05) is 6.54 Å². The van der Waals surface area contributed by atoms with Crippen LogP contribution in [0, 0.1) is 0 Å². The average Bonchev–Trinajstić information content (AvgIpc) is 2.76. The minimum atomic E-state index is 0.0161. The molecule has 0 unspecified atom stereocenters. The van der Waals surface area contributed by atoms with Gasteiger partial charge >= 0.3 is 0 Å². The molecular weight excluding hydrogens is 224 g/mol. The van der Waals surface area contributed by atoms with Gasteiger partial charge in [0.05, 0.1) is 11.0 Å². The highest BCUT2D eigenvalue weighted by molar-refractivity contribution is 5.76. The molecule has 3 heteroatoms. The molecule has 0 aliphatic rings. The number of rotatable bonds is 6. The maximum Gasteiger partial charge on any atom is 0.135 e. The van der Waals surface area contributed by atoms with Gasteiger partial charge in [-0.1, -0.05) is 32.8 Å². The summed E-state index contributed by atoms with van der Waals surface area (Å²) in [5.41, 5.74) is 3.45. The van der Waals surface area contributed by atoms with Crippen LogP contribution in [-0.2, 0) is 19.6 Å². The van der Waals surface area contributed by atoms with Crippen LogP contribution < -0.4 is 0 Å². The number of nitrogens with zero attached hydrogens (tertiary/aromatic N) is 2. The number of hydrogen-bond donors (Lipinski definition) is 1. The van der Waals surface area contributed by atoms with Crippen LogP contribution in [0.4, 0.5) is 0 Å². The Morgan fingerprint density at radius 1 is 1.22 bits per heavy atom. The van der Waals surface area contributed by atoms with Crippen molar-refractivity contribution in [1.82, 2.24) is 9.55 Å². The summed E-state index contributed by atoms with van der Waals surface area (Å²) in [6.07, 6.45) is 4.59. The number of aromatic nitrogens is 2. The van der Waals surface area contributed by atoms with Crippen LogP contribution in [-0.4, -0.2) is 14.7 Å². The fourth-order valence-electron chi connectivity index (χ4n) is 2.34. The van der Waals surface area contributed by atoms with Crippen LogP contribution in [0.1, 0.15) is 44.5 Å². The number of aliphatic hydroxyl groups excluding tert-OH is 1. The van der Waals surface area contributed by atoms with E-state index in [1.165, 1.54) is 18.4 Å².